The summed E-state index contributed by atoms with van der Waals surface area (Å²) in [7, 11) is 0. The van der Waals surface area contributed by atoms with Crippen LogP contribution in [-0.4, -0.2) is 4.57 Å². The number of para-hydroxylation sites is 2. The summed E-state index contributed by atoms with van der Waals surface area (Å²) in [4.78, 5) is 2.19. The number of hydrogen-bond acceptors (Lipinski definition) is 2. The molecular weight excluding hydrogens is 616 g/mol. The zero-order valence-corrected chi connectivity index (χ0v) is 26.9. The fraction of sp³-hybridized carbons (Fsp3) is 0. The summed E-state index contributed by atoms with van der Waals surface area (Å²) in [6.07, 6.45) is 0. The second kappa shape index (κ2) is 11.2. The van der Waals surface area contributed by atoms with E-state index >= 15 is 0 Å². The first kappa shape index (κ1) is 28.4. The van der Waals surface area contributed by atoms with Crippen molar-refractivity contribution < 1.29 is 9.13 Å². The molecule has 3 nitrogen and oxygen atoms in total. The average molecular weight is 645 g/mol. The third-order valence-electron chi connectivity index (χ3n) is 9.83. The first-order valence-electron chi connectivity index (χ1n) is 16.8. The van der Waals surface area contributed by atoms with Gasteiger partial charge in [-0.25, -0.2) is 4.39 Å². The van der Waals surface area contributed by atoms with E-state index < -0.39 is 0 Å². The topological polar surface area (TPSA) is 17.4 Å². The highest BCUT2D eigenvalue weighted by atomic mass is 19.1. The number of anilines is 3. The molecule has 4 heteroatoms. The van der Waals surface area contributed by atoms with Crippen molar-refractivity contribution in [2.45, 2.75) is 0 Å². The van der Waals surface area contributed by atoms with Crippen LogP contribution in [0.4, 0.5) is 21.5 Å². The van der Waals surface area contributed by atoms with Gasteiger partial charge in [-0.2, -0.15) is 0 Å². The van der Waals surface area contributed by atoms with Crippen molar-refractivity contribution in [2.75, 3.05) is 4.90 Å². The van der Waals surface area contributed by atoms with Gasteiger partial charge >= 0.3 is 0 Å². The van der Waals surface area contributed by atoms with Crippen molar-refractivity contribution >= 4 is 49.6 Å². The summed E-state index contributed by atoms with van der Waals surface area (Å²) < 4.78 is 22.9. The quantitative estimate of drug-likeness (QED) is 0.185. The number of hydrogen-bond donors (Lipinski definition) is 0. The van der Waals surface area contributed by atoms with E-state index in [0.717, 1.165) is 72.7 Å². The minimum absolute atomic E-state index is 0.265. The van der Waals surface area contributed by atoms with Gasteiger partial charge in [-0.1, -0.05) is 84.9 Å². The highest BCUT2D eigenvalue weighted by molar-refractivity contribution is 6.11. The molecule has 0 saturated carbocycles. The van der Waals surface area contributed by atoms with Crippen LogP contribution in [0.5, 0.6) is 11.5 Å². The Bertz CT molecular complexity index is 2730. The molecule has 2 heterocycles. The second-order valence-electron chi connectivity index (χ2n) is 12.7. The average Bonchev–Trinajstić information content (AvgIpc) is 3.50. The Labute approximate surface area is 288 Å². The normalized spacial score (nSPS) is 11.9. The van der Waals surface area contributed by atoms with Gasteiger partial charge in [0.1, 0.15) is 17.3 Å². The lowest BCUT2D eigenvalue weighted by Gasteiger charge is -2.26. The van der Waals surface area contributed by atoms with E-state index in [9.17, 15) is 4.39 Å². The summed E-state index contributed by atoms with van der Waals surface area (Å²) in [5, 5.41) is 4.66. The second-order valence-corrected chi connectivity index (χ2v) is 12.7. The van der Waals surface area contributed by atoms with Crippen LogP contribution in [0, 0.1) is 5.82 Å². The molecule has 0 N–H and O–H groups in total. The lowest BCUT2D eigenvalue weighted by molar-refractivity contribution is 0.487. The fourth-order valence-corrected chi connectivity index (χ4v) is 7.54. The van der Waals surface area contributed by atoms with Crippen molar-refractivity contribution in [3.63, 3.8) is 0 Å². The highest BCUT2D eigenvalue weighted by Crippen LogP contribution is 2.48. The van der Waals surface area contributed by atoms with Crippen molar-refractivity contribution in [2.24, 2.45) is 0 Å². The predicted octanol–water partition coefficient (Wildman–Crippen LogP) is 13.0. The van der Waals surface area contributed by atoms with Crippen molar-refractivity contribution in [1.29, 1.82) is 0 Å². The molecule has 0 fully saturated rings. The van der Waals surface area contributed by atoms with Crippen LogP contribution in [0.25, 0.3) is 60.5 Å². The maximum Gasteiger partial charge on any atom is 0.135 e. The molecule has 8 aromatic carbocycles. The Morgan fingerprint density at radius 1 is 0.460 bits per heavy atom. The molecule has 9 aromatic rings. The zero-order chi connectivity index (χ0) is 33.2. The van der Waals surface area contributed by atoms with Gasteiger partial charge in [0.15, 0.2) is 0 Å². The van der Waals surface area contributed by atoms with E-state index in [1.165, 1.54) is 28.5 Å². The van der Waals surface area contributed by atoms with E-state index in [0.29, 0.717) is 0 Å². The van der Waals surface area contributed by atoms with Crippen molar-refractivity contribution in [3.05, 3.63) is 182 Å². The number of aromatic nitrogens is 1. The van der Waals surface area contributed by atoms with Gasteiger partial charge < -0.3 is 14.2 Å². The van der Waals surface area contributed by atoms with Crippen LogP contribution < -0.4 is 9.64 Å². The number of ether oxygens (including phenoxy) is 1. The number of benzene rings is 8. The molecular formula is C46H29FN2O. The SMILES string of the molecule is Fc1ccc(N(c2ccc(-c3ccc4c(c3)Oc3cccc5cccc-4c35)cc2)c2ccc3c(c2)c2ccccc2n3-c2ccccc2)cc1. The Balaban J connectivity index is 1.07. The van der Waals surface area contributed by atoms with Crippen LogP contribution in [-0.2, 0) is 0 Å². The van der Waals surface area contributed by atoms with Crippen LogP contribution in [0.3, 0.4) is 0 Å². The standard InChI is InChI=1S/C46H29FN2O/c47-33-19-23-36(24-20-33)48(37-25-27-43-41(29-37)38-12-4-5-14-42(38)49(43)34-10-2-1-3-11-34)35-21-16-30(17-22-35)32-18-26-39-40-13-6-8-31-9-7-15-44(46(31)40)50-45(39)28-32/h1-29H. The fourth-order valence-electron chi connectivity index (χ4n) is 7.54. The number of nitrogens with zero attached hydrogens (tertiary/aromatic N) is 2. The van der Waals surface area contributed by atoms with Gasteiger partial charge in [-0.3, -0.25) is 0 Å². The highest BCUT2D eigenvalue weighted by Gasteiger charge is 2.21. The Morgan fingerprint density at radius 3 is 1.96 bits per heavy atom. The first-order chi connectivity index (χ1) is 24.7. The lowest BCUT2D eigenvalue weighted by atomic mass is 9.93. The van der Waals surface area contributed by atoms with E-state index in [1.54, 1.807) is 0 Å². The van der Waals surface area contributed by atoms with Gasteiger partial charge in [0, 0.05) is 44.5 Å². The first-order valence-corrected chi connectivity index (χ1v) is 16.8. The summed E-state index contributed by atoms with van der Waals surface area (Å²) in [6, 6.07) is 59.9. The molecule has 0 spiro atoms. The molecule has 0 atom stereocenters. The van der Waals surface area contributed by atoms with Crippen LogP contribution >= 0.6 is 0 Å². The molecule has 0 bridgehead atoms. The lowest BCUT2D eigenvalue weighted by Crippen LogP contribution is -2.10. The van der Waals surface area contributed by atoms with Gasteiger partial charge in [0.25, 0.3) is 0 Å². The molecule has 0 unspecified atom stereocenters. The summed E-state index contributed by atoms with van der Waals surface area (Å²) in [5.74, 6) is 1.48. The Hall–Kier alpha value is -6.65. The molecule has 1 aliphatic rings. The van der Waals surface area contributed by atoms with E-state index in [2.05, 4.69) is 143 Å². The van der Waals surface area contributed by atoms with E-state index in [1.807, 2.05) is 30.3 Å². The largest absolute Gasteiger partial charge is 0.456 e. The Kier molecular flexibility index (Phi) is 6.36. The van der Waals surface area contributed by atoms with Gasteiger partial charge in [0.05, 0.1) is 11.0 Å². The molecule has 0 amide bonds. The minimum atomic E-state index is -0.265. The molecule has 10 rings (SSSR count). The molecule has 0 saturated heterocycles. The molecule has 0 radical (unpaired) electrons. The monoisotopic (exact) mass is 644 g/mol. The molecule has 236 valence electrons. The van der Waals surface area contributed by atoms with E-state index in [-0.39, 0.29) is 5.82 Å². The zero-order valence-electron chi connectivity index (χ0n) is 26.9. The smallest absolute Gasteiger partial charge is 0.135 e. The molecule has 1 aromatic heterocycles. The molecule has 50 heavy (non-hydrogen) atoms. The number of fused-ring (bicyclic) bond motifs is 5. The van der Waals surface area contributed by atoms with Gasteiger partial charge in [-0.15, -0.1) is 0 Å². The summed E-state index contributed by atoms with van der Waals surface area (Å²) in [5.41, 5.74) is 10.7. The minimum Gasteiger partial charge on any atom is -0.456 e. The number of rotatable bonds is 5. The maximum absolute atomic E-state index is 14.2. The van der Waals surface area contributed by atoms with Crippen LogP contribution in [0.2, 0.25) is 0 Å². The summed E-state index contributed by atoms with van der Waals surface area (Å²) >= 11 is 0. The third-order valence-corrected chi connectivity index (χ3v) is 9.83. The van der Waals surface area contributed by atoms with Gasteiger partial charge in [0.2, 0.25) is 0 Å². The van der Waals surface area contributed by atoms with Crippen LogP contribution in [0.15, 0.2) is 176 Å². The Morgan fingerprint density at radius 2 is 1.14 bits per heavy atom. The molecule has 0 aliphatic carbocycles. The maximum atomic E-state index is 14.2. The van der Waals surface area contributed by atoms with Gasteiger partial charge in [-0.05, 0) is 113 Å². The molecule has 1 aliphatic heterocycles. The van der Waals surface area contributed by atoms with Crippen molar-refractivity contribution in [1.82, 2.24) is 4.57 Å². The third kappa shape index (κ3) is 4.50. The number of halogens is 1. The van der Waals surface area contributed by atoms with Crippen LogP contribution in [0.1, 0.15) is 0 Å². The van der Waals surface area contributed by atoms with Crippen molar-refractivity contribution in [3.8, 4) is 39.4 Å². The van der Waals surface area contributed by atoms with E-state index in [4.69, 9.17) is 4.74 Å². The predicted molar refractivity (Wildman–Crippen MR) is 204 cm³/mol. The summed E-state index contributed by atoms with van der Waals surface area (Å²) in [6.45, 7) is 0.